The number of pyridine rings is 2. The molecule has 1 saturated heterocycles. The molecule has 2 aromatic carbocycles. The summed E-state index contributed by atoms with van der Waals surface area (Å²) >= 11 is 3.39. The minimum atomic E-state index is -0.797. The van der Waals surface area contributed by atoms with Crippen LogP contribution in [-0.2, 0) is 11.8 Å². The Morgan fingerprint density at radius 2 is 1.65 bits per heavy atom. The molecule has 1 N–H and O–H groups in total. The lowest BCUT2D eigenvalue weighted by Crippen LogP contribution is -2.56. The third-order valence-corrected chi connectivity index (χ3v) is 7.76. The van der Waals surface area contributed by atoms with E-state index < -0.39 is 17.6 Å². The number of halogens is 3. The van der Waals surface area contributed by atoms with Crippen molar-refractivity contribution in [2.45, 2.75) is 12.1 Å². The van der Waals surface area contributed by atoms with Gasteiger partial charge >= 0.3 is 5.97 Å². The van der Waals surface area contributed by atoms with Gasteiger partial charge in [0.2, 0.25) is 0 Å². The lowest BCUT2D eigenvalue weighted by molar-refractivity contribution is 0.0598. The molecule has 1 fully saturated rings. The molecule has 8 nitrogen and oxygen atoms in total. The zero-order valence-corrected chi connectivity index (χ0v) is 23.4. The number of aliphatic hydroxyl groups is 1. The Bertz CT molecular complexity index is 1570. The molecule has 0 radical (unpaired) electrons. The first-order chi connectivity index (χ1) is 19.2. The minimum Gasteiger partial charge on any atom is -0.465 e. The van der Waals surface area contributed by atoms with Crippen LogP contribution in [0, 0.1) is 11.6 Å². The van der Waals surface area contributed by atoms with E-state index in [1.54, 1.807) is 43.4 Å². The van der Waals surface area contributed by atoms with Crippen molar-refractivity contribution in [1.82, 2.24) is 14.5 Å². The molecule has 0 spiro atoms. The molecular formula is C29H27BrF2N4O4. The van der Waals surface area contributed by atoms with E-state index in [1.807, 2.05) is 4.90 Å². The summed E-state index contributed by atoms with van der Waals surface area (Å²) in [5, 5.41) is 10.6. The van der Waals surface area contributed by atoms with Gasteiger partial charge in [-0.05, 0) is 63.5 Å². The number of aromatic nitrogens is 2. The van der Waals surface area contributed by atoms with Gasteiger partial charge in [0, 0.05) is 26.7 Å². The predicted molar refractivity (Wildman–Crippen MR) is 150 cm³/mol. The number of benzene rings is 2. The van der Waals surface area contributed by atoms with Crippen LogP contribution in [-0.4, -0.2) is 64.9 Å². The minimum absolute atomic E-state index is 0.163. The number of methoxy groups -OCH3 is 1. The molecule has 4 aromatic rings. The number of anilines is 1. The van der Waals surface area contributed by atoms with Crippen molar-refractivity contribution >= 4 is 38.6 Å². The number of esters is 1. The maximum atomic E-state index is 13.8. The molecule has 0 aliphatic carbocycles. The fraction of sp³-hybridized carbons (Fsp3) is 0.276. The molecule has 3 heterocycles. The second kappa shape index (κ2) is 11.4. The van der Waals surface area contributed by atoms with Gasteiger partial charge in [0.1, 0.15) is 21.8 Å². The largest absolute Gasteiger partial charge is 0.465 e. The molecule has 0 amide bonds. The fourth-order valence-corrected chi connectivity index (χ4v) is 5.71. The average molecular weight is 613 g/mol. The number of nitrogens with zero attached hydrogens (tertiary/aromatic N) is 4. The number of piperazine rings is 1. The van der Waals surface area contributed by atoms with Gasteiger partial charge in [-0.3, -0.25) is 9.69 Å². The molecule has 1 atom stereocenters. The van der Waals surface area contributed by atoms with Gasteiger partial charge < -0.3 is 19.3 Å². The van der Waals surface area contributed by atoms with Crippen LogP contribution >= 0.6 is 15.9 Å². The van der Waals surface area contributed by atoms with Gasteiger partial charge in [0.05, 0.1) is 37.0 Å². The third kappa shape index (κ3) is 5.12. The molecule has 11 heteroatoms. The van der Waals surface area contributed by atoms with Gasteiger partial charge in [0.15, 0.2) is 5.56 Å². The van der Waals surface area contributed by atoms with E-state index in [4.69, 9.17) is 4.74 Å². The highest BCUT2D eigenvalue weighted by atomic mass is 79.9. The van der Waals surface area contributed by atoms with Crippen LogP contribution in [0.25, 0.3) is 11.0 Å². The zero-order chi connectivity index (χ0) is 28.6. The molecule has 40 heavy (non-hydrogen) atoms. The summed E-state index contributed by atoms with van der Waals surface area (Å²) in [7, 11) is 2.77. The van der Waals surface area contributed by atoms with Gasteiger partial charge in [-0.2, -0.15) is 0 Å². The van der Waals surface area contributed by atoms with Crippen molar-refractivity contribution < 1.29 is 23.4 Å². The topological polar surface area (TPSA) is 87.9 Å². The monoisotopic (exact) mass is 612 g/mol. The third-order valence-electron chi connectivity index (χ3n) is 7.32. The number of hydrogen-bond acceptors (Lipinski definition) is 7. The van der Waals surface area contributed by atoms with E-state index in [0.29, 0.717) is 41.0 Å². The lowest BCUT2D eigenvalue weighted by atomic mass is 9.95. The quantitative estimate of drug-likeness (QED) is 0.260. The van der Waals surface area contributed by atoms with E-state index >= 15 is 0 Å². The Kier molecular flexibility index (Phi) is 7.97. The van der Waals surface area contributed by atoms with E-state index in [9.17, 15) is 23.5 Å². The number of fused-ring (bicyclic) bond motifs is 1. The summed E-state index contributed by atoms with van der Waals surface area (Å²) in [6.45, 7) is 0.800. The Balaban J connectivity index is 1.61. The smallest absolute Gasteiger partial charge is 0.345 e. The first-order valence-corrected chi connectivity index (χ1v) is 13.4. The number of carbonyl (C=O) groups is 1. The van der Waals surface area contributed by atoms with Crippen molar-refractivity contribution in [3.63, 3.8) is 0 Å². The SMILES string of the molecule is COC(=O)c1c(N2CCN(C(c3ccc(F)cc3)c3ccc(F)cc3)C[C@H]2CO)c2nc(Br)ccc2n(C)c1=O. The summed E-state index contributed by atoms with van der Waals surface area (Å²) in [4.78, 5) is 34.9. The molecule has 0 unspecified atom stereocenters. The van der Waals surface area contributed by atoms with Gasteiger partial charge in [0.25, 0.3) is 5.56 Å². The van der Waals surface area contributed by atoms with Crippen LogP contribution in [0.5, 0.6) is 0 Å². The molecule has 208 valence electrons. The van der Waals surface area contributed by atoms with Crippen LogP contribution in [0.1, 0.15) is 27.5 Å². The highest BCUT2D eigenvalue weighted by Gasteiger charge is 2.36. The number of aryl methyl sites for hydroxylation is 1. The Morgan fingerprint density at radius 1 is 1.05 bits per heavy atom. The van der Waals surface area contributed by atoms with E-state index in [1.165, 1.54) is 35.9 Å². The summed E-state index contributed by atoms with van der Waals surface area (Å²) in [6.07, 6.45) is 0. The molecule has 0 bridgehead atoms. The Morgan fingerprint density at radius 3 is 2.20 bits per heavy atom. The standard InChI is InChI=1S/C29H27BrF2N4O4/c1-34-22-11-12-23(30)33-25(22)27(24(28(34)38)29(39)40-2)36-14-13-35(15-21(36)16-37)26(17-3-7-19(31)8-4-17)18-5-9-20(32)10-6-18/h3-12,21,26,37H,13-16H2,1-2H3/t21-/m0/s1. The van der Waals surface area contributed by atoms with Crippen LogP contribution in [0.3, 0.4) is 0 Å². The van der Waals surface area contributed by atoms with Crippen LogP contribution in [0.4, 0.5) is 14.5 Å². The van der Waals surface area contributed by atoms with E-state index in [2.05, 4.69) is 25.8 Å². The Labute approximate surface area is 237 Å². The van der Waals surface area contributed by atoms with Gasteiger partial charge in [-0.15, -0.1) is 0 Å². The Hall–Kier alpha value is -3.67. The molecule has 5 rings (SSSR count). The van der Waals surface area contributed by atoms with Crippen molar-refractivity contribution in [1.29, 1.82) is 0 Å². The normalized spacial score (nSPS) is 16.1. The van der Waals surface area contributed by atoms with Gasteiger partial charge in [-0.25, -0.2) is 18.6 Å². The first kappa shape index (κ1) is 27.9. The molecular weight excluding hydrogens is 586 g/mol. The maximum absolute atomic E-state index is 13.8. The van der Waals surface area contributed by atoms with Crippen molar-refractivity contribution in [2.24, 2.45) is 7.05 Å². The highest BCUT2D eigenvalue weighted by molar-refractivity contribution is 9.10. The zero-order valence-electron chi connectivity index (χ0n) is 21.9. The van der Waals surface area contributed by atoms with E-state index in [0.717, 1.165) is 11.1 Å². The average Bonchev–Trinajstić information content (AvgIpc) is 2.96. The lowest BCUT2D eigenvalue weighted by Gasteiger charge is -2.45. The van der Waals surface area contributed by atoms with Gasteiger partial charge in [-0.1, -0.05) is 24.3 Å². The number of hydrogen-bond donors (Lipinski definition) is 1. The summed E-state index contributed by atoms with van der Waals surface area (Å²) in [5.74, 6) is -1.54. The molecule has 2 aromatic heterocycles. The number of carbonyl (C=O) groups excluding carboxylic acids is 1. The number of ether oxygens (including phenoxy) is 1. The van der Waals surface area contributed by atoms with Crippen molar-refractivity contribution in [3.05, 3.63) is 104 Å². The second-order valence-electron chi connectivity index (χ2n) is 9.61. The first-order valence-electron chi connectivity index (χ1n) is 12.6. The van der Waals surface area contributed by atoms with Crippen molar-refractivity contribution in [2.75, 3.05) is 38.3 Å². The molecule has 1 aliphatic rings. The molecule has 0 saturated carbocycles. The highest BCUT2D eigenvalue weighted by Crippen LogP contribution is 2.35. The van der Waals surface area contributed by atoms with Crippen LogP contribution < -0.4 is 10.5 Å². The van der Waals surface area contributed by atoms with Crippen LogP contribution in [0.15, 0.2) is 70.1 Å². The van der Waals surface area contributed by atoms with Crippen molar-refractivity contribution in [3.8, 4) is 0 Å². The summed E-state index contributed by atoms with van der Waals surface area (Å²) in [6, 6.07) is 14.8. The predicted octanol–water partition coefficient (Wildman–Crippen LogP) is 4.03. The van der Waals surface area contributed by atoms with E-state index in [-0.39, 0.29) is 29.8 Å². The number of rotatable bonds is 6. The second-order valence-corrected chi connectivity index (χ2v) is 10.4. The molecule has 1 aliphatic heterocycles. The summed E-state index contributed by atoms with van der Waals surface area (Å²) < 4.78 is 34.4. The summed E-state index contributed by atoms with van der Waals surface area (Å²) in [5.41, 5.74) is 2.14. The maximum Gasteiger partial charge on any atom is 0.345 e. The fourth-order valence-electron chi connectivity index (χ4n) is 5.40. The van der Waals surface area contributed by atoms with Crippen LogP contribution in [0.2, 0.25) is 0 Å². The number of aliphatic hydroxyl groups excluding tert-OH is 1.